The van der Waals surface area contributed by atoms with Crippen LogP contribution in [-0.4, -0.2) is 60.2 Å². The first-order chi connectivity index (χ1) is 11.7. The first kappa shape index (κ1) is 15.8. The minimum atomic E-state index is 0.0598. The molecule has 2 atom stereocenters. The summed E-state index contributed by atoms with van der Waals surface area (Å²) in [6.07, 6.45) is 2.04. The summed E-state index contributed by atoms with van der Waals surface area (Å²) in [6, 6.07) is 2.34. The molecule has 1 amide bonds. The maximum atomic E-state index is 12.8. The summed E-state index contributed by atoms with van der Waals surface area (Å²) in [7, 11) is 1.68. The Morgan fingerprint density at radius 3 is 3.04 bits per heavy atom. The largest absolute Gasteiger partial charge is 0.383 e. The van der Waals surface area contributed by atoms with E-state index in [9.17, 15) is 4.79 Å². The maximum absolute atomic E-state index is 12.8. The molecule has 0 spiro atoms. The molecule has 0 radical (unpaired) electrons. The average molecular weight is 346 g/mol. The molecular formula is C17H22N4O2S. The number of hydrogen-bond donors (Lipinski definition) is 0. The van der Waals surface area contributed by atoms with Crippen molar-refractivity contribution in [3.8, 4) is 0 Å². The fourth-order valence-corrected chi connectivity index (χ4v) is 4.69. The molecular weight excluding hydrogens is 324 g/mol. The van der Waals surface area contributed by atoms with Crippen molar-refractivity contribution in [1.29, 1.82) is 0 Å². The van der Waals surface area contributed by atoms with Gasteiger partial charge in [-0.3, -0.25) is 4.79 Å². The number of nitrogens with zero attached hydrogens (tertiary/aromatic N) is 4. The molecule has 3 aliphatic heterocycles. The van der Waals surface area contributed by atoms with Crippen LogP contribution in [0.15, 0.2) is 11.4 Å². The van der Waals surface area contributed by atoms with Crippen LogP contribution in [0.5, 0.6) is 0 Å². The van der Waals surface area contributed by atoms with Gasteiger partial charge in [-0.1, -0.05) is 0 Å². The molecule has 24 heavy (non-hydrogen) atoms. The van der Waals surface area contributed by atoms with Crippen molar-refractivity contribution >= 4 is 33.3 Å². The fraction of sp³-hybridized carbons (Fsp3) is 0.588. The Kier molecular flexibility index (Phi) is 4.14. The van der Waals surface area contributed by atoms with Gasteiger partial charge in [0.05, 0.1) is 17.9 Å². The molecule has 7 heteroatoms. The first-order valence-electron chi connectivity index (χ1n) is 8.43. The lowest BCUT2D eigenvalue weighted by molar-refractivity contribution is -0.140. The standard InChI is InChI=1S/C17H22N4O2S/c1-11-18-15(14-5-8-24-16(14)19-11)20-9-12-3-4-13(10-20)21(17(12)22)6-7-23-2/h5,8,12-13H,3-4,6-7,9-10H2,1-2H3/t12-,13+/m1/s1. The monoisotopic (exact) mass is 346 g/mol. The van der Waals surface area contributed by atoms with Crippen LogP contribution in [-0.2, 0) is 9.53 Å². The Bertz CT molecular complexity index is 762. The molecule has 3 aliphatic rings. The molecule has 2 aromatic rings. The van der Waals surface area contributed by atoms with Gasteiger partial charge in [0.15, 0.2) is 0 Å². The van der Waals surface area contributed by atoms with E-state index >= 15 is 0 Å². The second-order valence-electron chi connectivity index (χ2n) is 6.59. The second-order valence-corrected chi connectivity index (χ2v) is 7.49. The smallest absolute Gasteiger partial charge is 0.227 e. The van der Waals surface area contributed by atoms with Gasteiger partial charge in [-0.15, -0.1) is 11.3 Å². The number of hydrogen-bond acceptors (Lipinski definition) is 6. The van der Waals surface area contributed by atoms with E-state index in [0.29, 0.717) is 13.2 Å². The van der Waals surface area contributed by atoms with E-state index < -0.39 is 0 Å². The molecule has 0 aliphatic carbocycles. The van der Waals surface area contributed by atoms with Gasteiger partial charge >= 0.3 is 0 Å². The summed E-state index contributed by atoms with van der Waals surface area (Å²) in [4.78, 5) is 27.4. The summed E-state index contributed by atoms with van der Waals surface area (Å²) in [6.45, 7) is 4.80. The van der Waals surface area contributed by atoms with E-state index in [-0.39, 0.29) is 17.9 Å². The molecule has 3 saturated heterocycles. The predicted octanol–water partition coefficient (Wildman–Crippen LogP) is 2.07. The lowest BCUT2D eigenvalue weighted by Gasteiger charge is -2.35. The third kappa shape index (κ3) is 2.65. The van der Waals surface area contributed by atoms with E-state index in [4.69, 9.17) is 9.72 Å². The number of carbonyl (C=O) groups is 1. The molecule has 5 rings (SSSR count). The molecule has 128 valence electrons. The number of aromatic nitrogens is 2. The van der Waals surface area contributed by atoms with E-state index in [2.05, 4.69) is 21.3 Å². The van der Waals surface area contributed by atoms with Crippen LogP contribution in [0.4, 0.5) is 5.82 Å². The predicted molar refractivity (Wildman–Crippen MR) is 94.5 cm³/mol. The van der Waals surface area contributed by atoms with Crippen molar-refractivity contribution in [3.63, 3.8) is 0 Å². The van der Waals surface area contributed by atoms with Crippen molar-refractivity contribution in [2.45, 2.75) is 25.8 Å². The highest BCUT2D eigenvalue weighted by atomic mass is 32.1. The fourth-order valence-electron chi connectivity index (χ4n) is 3.88. The zero-order chi connectivity index (χ0) is 16.7. The molecule has 0 unspecified atom stereocenters. The quantitative estimate of drug-likeness (QED) is 0.848. The van der Waals surface area contributed by atoms with Crippen LogP contribution in [0.1, 0.15) is 18.7 Å². The highest BCUT2D eigenvalue weighted by Gasteiger charge is 2.41. The van der Waals surface area contributed by atoms with Crippen molar-refractivity contribution in [3.05, 3.63) is 17.3 Å². The number of amides is 1. The molecule has 0 saturated carbocycles. The van der Waals surface area contributed by atoms with Crippen LogP contribution in [0.3, 0.4) is 0 Å². The number of thiophene rings is 1. The van der Waals surface area contributed by atoms with Gasteiger partial charge in [0.1, 0.15) is 16.5 Å². The van der Waals surface area contributed by atoms with Crippen LogP contribution in [0.25, 0.3) is 10.2 Å². The number of methoxy groups -OCH3 is 1. The Labute approximate surface area is 145 Å². The molecule has 0 N–H and O–H groups in total. The summed E-state index contributed by atoms with van der Waals surface area (Å²) in [5, 5.41) is 3.16. The third-order valence-electron chi connectivity index (χ3n) is 5.05. The SMILES string of the molecule is COCCN1C(=O)[C@@H]2CC[C@H]1CN(c1nc(C)nc3sccc13)C2. The molecule has 0 aromatic carbocycles. The lowest BCUT2D eigenvalue weighted by atomic mass is 9.94. The zero-order valence-corrected chi connectivity index (χ0v) is 14.9. The lowest BCUT2D eigenvalue weighted by Crippen LogP contribution is -2.49. The Morgan fingerprint density at radius 2 is 2.21 bits per heavy atom. The van der Waals surface area contributed by atoms with Crippen molar-refractivity contribution in [2.75, 3.05) is 38.3 Å². The molecule has 6 nitrogen and oxygen atoms in total. The van der Waals surface area contributed by atoms with Crippen LogP contribution < -0.4 is 4.90 Å². The van der Waals surface area contributed by atoms with Crippen molar-refractivity contribution < 1.29 is 9.53 Å². The second kappa shape index (κ2) is 6.29. The highest BCUT2D eigenvalue weighted by molar-refractivity contribution is 7.16. The van der Waals surface area contributed by atoms with Gasteiger partial charge in [-0.05, 0) is 31.2 Å². The Hall–Kier alpha value is -1.73. The van der Waals surface area contributed by atoms with Gasteiger partial charge < -0.3 is 14.5 Å². The number of fused-ring (bicyclic) bond motifs is 5. The molecule has 2 aromatic heterocycles. The number of rotatable bonds is 4. The van der Waals surface area contributed by atoms with Crippen LogP contribution in [0.2, 0.25) is 0 Å². The number of ether oxygens (including phenoxy) is 1. The summed E-state index contributed by atoms with van der Waals surface area (Å²) in [5.41, 5.74) is 0. The first-order valence-corrected chi connectivity index (χ1v) is 9.31. The van der Waals surface area contributed by atoms with Gasteiger partial charge in [0.25, 0.3) is 0 Å². The number of aryl methyl sites for hydroxylation is 1. The number of piperidine rings is 1. The summed E-state index contributed by atoms with van der Waals surface area (Å²) in [5.74, 6) is 2.11. The maximum Gasteiger partial charge on any atom is 0.227 e. The minimum absolute atomic E-state index is 0.0598. The van der Waals surface area contributed by atoms with Gasteiger partial charge in [-0.2, -0.15) is 0 Å². The van der Waals surface area contributed by atoms with Crippen molar-refractivity contribution in [1.82, 2.24) is 14.9 Å². The van der Waals surface area contributed by atoms with Gasteiger partial charge in [-0.25, -0.2) is 9.97 Å². The molecule has 2 bridgehead atoms. The minimum Gasteiger partial charge on any atom is -0.383 e. The molecule has 3 fully saturated rings. The summed E-state index contributed by atoms with van der Waals surface area (Å²) < 4.78 is 5.19. The van der Waals surface area contributed by atoms with Crippen molar-refractivity contribution in [2.24, 2.45) is 5.92 Å². The topological polar surface area (TPSA) is 58.6 Å². The zero-order valence-electron chi connectivity index (χ0n) is 14.1. The Morgan fingerprint density at radius 1 is 1.33 bits per heavy atom. The number of carbonyl (C=O) groups excluding carboxylic acids is 1. The van der Waals surface area contributed by atoms with E-state index in [1.165, 1.54) is 0 Å². The molecule has 5 heterocycles. The van der Waals surface area contributed by atoms with E-state index in [1.807, 2.05) is 11.8 Å². The average Bonchev–Trinajstić information content (AvgIpc) is 2.86. The highest BCUT2D eigenvalue weighted by Crippen LogP contribution is 2.34. The normalized spacial score (nSPS) is 24.0. The van der Waals surface area contributed by atoms with E-state index in [0.717, 1.165) is 47.8 Å². The van der Waals surface area contributed by atoms with Crippen LogP contribution in [0, 0.1) is 12.8 Å². The Balaban J connectivity index is 1.68. The van der Waals surface area contributed by atoms with Gasteiger partial charge in [0, 0.05) is 32.8 Å². The number of anilines is 1. The summed E-state index contributed by atoms with van der Waals surface area (Å²) >= 11 is 1.64. The van der Waals surface area contributed by atoms with E-state index in [1.54, 1.807) is 18.4 Å². The van der Waals surface area contributed by atoms with Gasteiger partial charge in [0.2, 0.25) is 5.91 Å². The third-order valence-corrected chi connectivity index (χ3v) is 5.85. The van der Waals surface area contributed by atoms with Crippen LogP contribution >= 0.6 is 11.3 Å².